The molecule has 0 aliphatic rings. The molecule has 26 heavy (non-hydrogen) atoms. The first-order valence-electron chi connectivity index (χ1n) is 7.52. The molecule has 8 nitrogen and oxygen atoms in total. The Bertz CT molecular complexity index is 1140. The fourth-order valence-electron chi connectivity index (χ4n) is 2.25. The first-order chi connectivity index (χ1) is 12.3. The number of benzene rings is 1. The van der Waals surface area contributed by atoms with Crippen LogP contribution in [-0.2, 0) is 14.6 Å². The van der Waals surface area contributed by atoms with Gasteiger partial charge in [-0.2, -0.15) is 0 Å². The zero-order valence-corrected chi connectivity index (χ0v) is 15.3. The van der Waals surface area contributed by atoms with Crippen LogP contribution in [0.25, 0.3) is 22.4 Å². The fraction of sp³-hybridized carbons (Fsp3) is 0.188. The predicted octanol–water partition coefficient (Wildman–Crippen LogP) is 2.17. The van der Waals surface area contributed by atoms with Crippen LogP contribution in [0.2, 0.25) is 0 Å². The SMILES string of the molecule is C=CCS(=O)(=O)C(C)C(=O)Nc1nc(-c2ccc3[nH]c(=O)oc3c2)cs1. The Morgan fingerprint density at radius 3 is 3.00 bits per heavy atom. The highest BCUT2D eigenvalue weighted by Crippen LogP contribution is 2.27. The van der Waals surface area contributed by atoms with Crippen LogP contribution >= 0.6 is 11.3 Å². The van der Waals surface area contributed by atoms with Crippen LogP contribution in [0.1, 0.15) is 6.92 Å². The van der Waals surface area contributed by atoms with E-state index in [0.29, 0.717) is 22.4 Å². The third-order valence-corrected chi connectivity index (χ3v) is 6.46. The van der Waals surface area contributed by atoms with Crippen molar-refractivity contribution >= 4 is 43.3 Å². The quantitative estimate of drug-likeness (QED) is 0.619. The smallest absolute Gasteiger partial charge is 0.408 e. The van der Waals surface area contributed by atoms with Crippen molar-refractivity contribution in [2.45, 2.75) is 12.2 Å². The summed E-state index contributed by atoms with van der Waals surface area (Å²) in [5, 5.41) is 3.29. The van der Waals surface area contributed by atoms with Gasteiger partial charge in [0.1, 0.15) is 5.25 Å². The van der Waals surface area contributed by atoms with Crippen molar-refractivity contribution in [1.82, 2.24) is 9.97 Å². The molecule has 1 unspecified atom stereocenters. The van der Waals surface area contributed by atoms with Crippen LogP contribution in [0, 0.1) is 0 Å². The molecule has 1 amide bonds. The topological polar surface area (TPSA) is 122 Å². The average molecular weight is 393 g/mol. The van der Waals surface area contributed by atoms with Gasteiger partial charge in [0.25, 0.3) is 0 Å². The Labute approximate surface area is 152 Å². The molecular formula is C16H15N3O5S2. The standard InChI is InChI=1S/C16H15N3O5S2/c1-3-6-26(22,23)9(2)14(20)19-15-17-12(8-25-15)10-4-5-11-13(7-10)24-16(21)18-11/h3-5,7-9H,1,6H2,2H3,(H,18,21)(H,17,19,20). The highest BCUT2D eigenvalue weighted by molar-refractivity contribution is 7.92. The largest absolute Gasteiger partial charge is 0.417 e. The van der Waals surface area contributed by atoms with Gasteiger partial charge >= 0.3 is 5.76 Å². The molecule has 1 aromatic carbocycles. The molecule has 1 atom stereocenters. The number of fused-ring (bicyclic) bond motifs is 1. The zero-order chi connectivity index (χ0) is 18.9. The van der Waals surface area contributed by atoms with Crippen molar-refractivity contribution in [2.75, 3.05) is 11.1 Å². The van der Waals surface area contributed by atoms with E-state index < -0.39 is 26.8 Å². The van der Waals surface area contributed by atoms with E-state index in [1.54, 1.807) is 23.6 Å². The first kappa shape index (κ1) is 18.1. The van der Waals surface area contributed by atoms with Crippen LogP contribution in [0.4, 0.5) is 5.13 Å². The van der Waals surface area contributed by atoms with Crippen molar-refractivity contribution in [2.24, 2.45) is 0 Å². The Hall–Kier alpha value is -2.72. The van der Waals surface area contributed by atoms with Gasteiger partial charge < -0.3 is 9.73 Å². The molecule has 0 aliphatic heterocycles. The summed E-state index contributed by atoms with van der Waals surface area (Å²) in [5.41, 5.74) is 2.24. The minimum absolute atomic E-state index is 0.271. The number of nitrogens with zero attached hydrogens (tertiary/aromatic N) is 1. The number of oxazole rings is 1. The molecule has 2 heterocycles. The number of carbonyl (C=O) groups is 1. The number of nitrogens with one attached hydrogen (secondary N) is 2. The molecule has 0 aliphatic carbocycles. The van der Waals surface area contributed by atoms with Crippen LogP contribution in [0.3, 0.4) is 0 Å². The lowest BCUT2D eigenvalue weighted by molar-refractivity contribution is -0.115. The number of H-pyrrole nitrogens is 1. The van der Waals surface area contributed by atoms with Gasteiger partial charge in [0, 0.05) is 10.9 Å². The molecule has 0 fully saturated rings. The minimum atomic E-state index is -3.60. The van der Waals surface area contributed by atoms with E-state index in [9.17, 15) is 18.0 Å². The van der Waals surface area contributed by atoms with E-state index in [-0.39, 0.29) is 10.9 Å². The van der Waals surface area contributed by atoms with Crippen LogP contribution in [0.5, 0.6) is 0 Å². The molecular weight excluding hydrogens is 378 g/mol. The van der Waals surface area contributed by atoms with Gasteiger partial charge in [-0.1, -0.05) is 12.1 Å². The number of aromatic nitrogens is 2. The summed E-state index contributed by atoms with van der Waals surface area (Å²) in [4.78, 5) is 30.2. The normalized spacial score (nSPS) is 12.8. The summed E-state index contributed by atoms with van der Waals surface area (Å²) in [7, 11) is -3.60. The Balaban J connectivity index is 1.79. The summed E-state index contributed by atoms with van der Waals surface area (Å²) in [6.07, 6.45) is 1.25. The number of sulfone groups is 1. The molecule has 0 radical (unpaired) electrons. The summed E-state index contributed by atoms with van der Waals surface area (Å²) in [6.45, 7) is 4.70. The third-order valence-electron chi connectivity index (χ3n) is 3.71. The maximum Gasteiger partial charge on any atom is 0.417 e. The number of carbonyl (C=O) groups excluding carboxylic acids is 1. The van der Waals surface area contributed by atoms with E-state index in [1.807, 2.05) is 0 Å². The van der Waals surface area contributed by atoms with Gasteiger partial charge in [-0.05, 0) is 19.1 Å². The molecule has 2 aromatic heterocycles. The van der Waals surface area contributed by atoms with Gasteiger partial charge in [0.05, 0.1) is 17.0 Å². The highest BCUT2D eigenvalue weighted by Gasteiger charge is 2.27. The number of aromatic amines is 1. The van der Waals surface area contributed by atoms with Crippen LogP contribution < -0.4 is 11.1 Å². The predicted molar refractivity (Wildman–Crippen MR) is 100 cm³/mol. The molecule has 0 saturated heterocycles. The maximum absolute atomic E-state index is 12.1. The maximum atomic E-state index is 12.1. The van der Waals surface area contributed by atoms with Gasteiger partial charge in [0.2, 0.25) is 5.91 Å². The van der Waals surface area contributed by atoms with Crippen molar-refractivity contribution in [3.05, 3.63) is 46.8 Å². The van der Waals surface area contributed by atoms with E-state index in [0.717, 1.165) is 0 Å². The molecule has 136 valence electrons. The summed E-state index contributed by atoms with van der Waals surface area (Å²) in [6, 6.07) is 5.10. The fourth-order valence-corrected chi connectivity index (χ4v) is 3.97. The van der Waals surface area contributed by atoms with Gasteiger partial charge in [-0.15, -0.1) is 17.9 Å². The second kappa shape index (κ2) is 6.89. The summed E-state index contributed by atoms with van der Waals surface area (Å²) in [5.74, 6) is -1.47. The minimum Gasteiger partial charge on any atom is -0.408 e. The molecule has 3 aromatic rings. The number of amides is 1. The van der Waals surface area contributed by atoms with Crippen LogP contribution in [0.15, 0.2) is 45.4 Å². The van der Waals surface area contributed by atoms with Crippen molar-refractivity contribution in [3.8, 4) is 11.3 Å². The Kier molecular flexibility index (Phi) is 4.79. The van der Waals surface area contributed by atoms with E-state index in [4.69, 9.17) is 4.42 Å². The van der Waals surface area contributed by atoms with Crippen molar-refractivity contribution in [3.63, 3.8) is 0 Å². The van der Waals surface area contributed by atoms with Crippen molar-refractivity contribution in [1.29, 1.82) is 0 Å². The average Bonchev–Trinajstić information content (AvgIpc) is 3.18. The molecule has 10 heteroatoms. The summed E-state index contributed by atoms with van der Waals surface area (Å²) >= 11 is 1.17. The number of thiazole rings is 1. The van der Waals surface area contributed by atoms with Crippen LogP contribution in [-0.4, -0.2) is 35.3 Å². The highest BCUT2D eigenvalue weighted by atomic mass is 32.2. The second-order valence-corrected chi connectivity index (χ2v) is 8.74. The molecule has 2 N–H and O–H groups in total. The first-order valence-corrected chi connectivity index (χ1v) is 10.1. The molecule has 0 saturated carbocycles. The summed E-state index contributed by atoms with van der Waals surface area (Å²) < 4.78 is 28.9. The number of anilines is 1. The number of rotatable bonds is 6. The van der Waals surface area contributed by atoms with E-state index in [2.05, 4.69) is 21.9 Å². The number of hydrogen-bond donors (Lipinski definition) is 2. The molecule has 0 spiro atoms. The van der Waals surface area contributed by atoms with E-state index in [1.165, 1.54) is 24.3 Å². The van der Waals surface area contributed by atoms with Crippen molar-refractivity contribution < 1.29 is 17.6 Å². The van der Waals surface area contributed by atoms with Gasteiger partial charge in [-0.25, -0.2) is 18.2 Å². The zero-order valence-electron chi connectivity index (χ0n) is 13.7. The lowest BCUT2D eigenvalue weighted by Gasteiger charge is -2.10. The molecule has 0 bridgehead atoms. The van der Waals surface area contributed by atoms with Gasteiger partial charge in [0.15, 0.2) is 20.6 Å². The van der Waals surface area contributed by atoms with Gasteiger partial charge in [-0.3, -0.25) is 9.78 Å². The lowest BCUT2D eigenvalue weighted by Crippen LogP contribution is -2.33. The monoisotopic (exact) mass is 393 g/mol. The Morgan fingerprint density at radius 1 is 1.50 bits per heavy atom. The Morgan fingerprint density at radius 2 is 2.27 bits per heavy atom. The lowest BCUT2D eigenvalue weighted by atomic mass is 10.1. The number of hydrogen-bond acceptors (Lipinski definition) is 7. The molecule has 3 rings (SSSR count). The van der Waals surface area contributed by atoms with E-state index >= 15 is 0 Å². The third kappa shape index (κ3) is 3.60. The second-order valence-electron chi connectivity index (χ2n) is 5.51.